The number of nitro groups is 1. The van der Waals surface area contributed by atoms with Crippen molar-refractivity contribution in [3.8, 4) is 0 Å². The van der Waals surface area contributed by atoms with E-state index in [1.54, 1.807) is 24.3 Å². The molecular formula is C13H15NO5S. The molecule has 0 N–H and O–H groups in total. The Balaban J connectivity index is 2.65. The zero-order valence-corrected chi connectivity index (χ0v) is 11.7. The Hall–Kier alpha value is -1.73. The Kier molecular flexibility index (Phi) is 3.92. The number of hydrogen-bond donors (Lipinski definition) is 0. The van der Waals surface area contributed by atoms with Crippen LogP contribution in [0.4, 0.5) is 0 Å². The van der Waals surface area contributed by atoms with E-state index in [0.29, 0.717) is 6.42 Å². The van der Waals surface area contributed by atoms with Crippen molar-refractivity contribution >= 4 is 9.84 Å². The summed E-state index contributed by atoms with van der Waals surface area (Å²) in [5, 5.41) is 11.6. The topological polar surface area (TPSA) is 86.5 Å². The molecule has 1 aromatic rings. The third-order valence-corrected chi connectivity index (χ3v) is 5.92. The van der Waals surface area contributed by atoms with Crippen molar-refractivity contribution in [2.75, 3.05) is 7.11 Å². The van der Waals surface area contributed by atoms with Crippen LogP contribution in [0.5, 0.6) is 0 Å². The summed E-state index contributed by atoms with van der Waals surface area (Å²) in [6.45, 7) is 0. The minimum absolute atomic E-state index is 0.0611. The summed E-state index contributed by atoms with van der Waals surface area (Å²) in [4.78, 5) is 8.62. The van der Waals surface area contributed by atoms with Crippen LogP contribution >= 0.6 is 0 Å². The van der Waals surface area contributed by atoms with Gasteiger partial charge < -0.3 is 4.74 Å². The molecule has 0 radical (unpaired) electrons. The molecule has 2 rings (SSSR count). The van der Waals surface area contributed by atoms with Gasteiger partial charge in [-0.15, -0.1) is 0 Å². The lowest BCUT2D eigenvalue weighted by Crippen LogP contribution is -2.56. The fourth-order valence-corrected chi connectivity index (χ4v) is 4.44. The van der Waals surface area contributed by atoms with E-state index in [1.165, 1.54) is 25.3 Å². The molecule has 0 amide bonds. The van der Waals surface area contributed by atoms with Crippen LogP contribution in [0, 0.1) is 10.1 Å². The molecule has 0 heterocycles. The Morgan fingerprint density at radius 2 is 2.00 bits per heavy atom. The number of ether oxygens (including phenoxy) is 1. The number of sulfone groups is 1. The van der Waals surface area contributed by atoms with Crippen LogP contribution in [0.15, 0.2) is 47.4 Å². The summed E-state index contributed by atoms with van der Waals surface area (Å²) in [6.07, 6.45) is 2.28. The number of methoxy groups -OCH3 is 1. The molecule has 0 unspecified atom stereocenters. The highest BCUT2D eigenvalue weighted by Gasteiger charge is 2.62. The number of rotatable bonds is 4. The summed E-state index contributed by atoms with van der Waals surface area (Å²) in [5.74, 6) is 0. The number of nitrogens with zero attached hydrogens (tertiary/aromatic N) is 1. The van der Waals surface area contributed by atoms with Gasteiger partial charge in [-0.3, -0.25) is 10.1 Å². The van der Waals surface area contributed by atoms with Crippen molar-refractivity contribution in [1.82, 2.24) is 0 Å². The molecule has 2 atom stereocenters. The van der Waals surface area contributed by atoms with Crippen molar-refractivity contribution in [1.29, 1.82) is 0 Å². The molecule has 7 heteroatoms. The lowest BCUT2D eigenvalue weighted by atomic mass is 9.99. The Morgan fingerprint density at radius 1 is 1.35 bits per heavy atom. The summed E-state index contributed by atoms with van der Waals surface area (Å²) in [6, 6.07) is 7.48. The summed E-state index contributed by atoms with van der Waals surface area (Å²) in [5.41, 5.74) is 0. The van der Waals surface area contributed by atoms with Gasteiger partial charge in [-0.05, 0) is 18.6 Å². The number of benzene rings is 1. The molecule has 1 aliphatic rings. The molecule has 1 aromatic carbocycles. The van der Waals surface area contributed by atoms with E-state index in [-0.39, 0.29) is 11.3 Å². The zero-order chi connectivity index (χ0) is 14.8. The van der Waals surface area contributed by atoms with Crippen molar-refractivity contribution in [3.05, 3.63) is 52.6 Å². The second-order valence-electron chi connectivity index (χ2n) is 4.54. The summed E-state index contributed by atoms with van der Waals surface area (Å²) >= 11 is 0. The lowest BCUT2D eigenvalue weighted by Gasteiger charge is -2.32. The molecule has 0 saturated carbocycles. The van der Waals surface area contributed by atoms with E-state index in [2.05, 4.69) is 0 Å². The standard InChI is InChI=1S/C13H15NO5S/c1-19-12-9-5-6-10-13(12,14(15)16)20(17,18)11-7-3-2-4-8-11/h2-5,7-9,12H,6,10H2,1H3/t12-,13+/m0/s1. The van der Waals surface area contributed by atoms with Crippen LogP contribution in [-0.2, 0) is 14.6 Å². The van der Waals surface area contributed by atoms with Gasteiger partial charge in [0.2, 0.25) is 0 Å². The Morgan fingerprint density at radius 3 is 2.55 bits per heavy atom. The second kappa shape index (κ2) is 5.34. The average Bonchev–Trinajstić information content (AvgIpc) is 2.47. The van der Waals surface area contributed by atoms with Crippen molar-refractivity contribution in [2.45, 2.75) is 28.7 Å². The van der Waals surface area contributed by atoms with E-state index >= 15 is 0 Å². The predicted molar refractivity (Wildman–Crippen MR) is 72.5 cm³/mol. The van der Waals surface area contributed by atoms with Crippen molar-refractivity contribution in [3.63, 3.8) is 0 Å². The quantitative estimate of drug-likeness (QED) is 0.480. The largest absolute Gasteiger partial charge is 0.369 e. The van der Waals surface area contributed by atoms with Gasteiger partial charge in [-0.1, -0.05) is 30.4 Å². The molecule has 0 aliphatic heterocycles. The molecule has 0 bridgehead atoms. The minimum Gasteiger partial charge on any atom is -0.369 e. The SMILES string of the molecule is CO[C@H]1C=CCC[C@@]1([N+](=O)[O-])S(=O)(=O)c1ccccc1. The van der Waals surface area contributed by atoms with Gasteiger partial charge >= 0.3 is 4.87 Å². The molecule has 0 aromatic heterocycles. The van der Waals surface area contributed by atoms with E-state index in [1.807, 2.05) is 0 Å². The highest BCUT2D eigenvalue weighted by atomic mass is 32.2. The van der Waals surface area contributed by atoms with E-state index in [4.69, 9.17) is 4.74 Å². The maximum Gasteiger partial charge on any atom is 0.352 e. The van der Waals surface area contributed by atoms with Gasteiger partial charge in [0.25, 0.3) is 9.84 Å². The van der Waals surface area contributed by atoms with Crippen molar-refractivity contribution < 1.29 is 18.1 Å². The van der Waals surface area contributed by atoms with E-state index < -0.39 is 25.7 Å². The van der Waals surface area contributed by atoms with Crippen LogP contribution in [0.25, 0.3) is 0 Å². The number of hydrogen-bond acceptors (Lipinski definition) is 5. The van der Waals surface area contributed by atoms with Crippen LogP contribution in [0.1, 0.15) is 12.8 Å². The van der Waals surface area contributed by atoms with Gasteiger partial charge in [0.1, 0.15) is 0 Å². The maximum atomic E-state index is 12.8. The first kappa shape index (κ1) is 14.7. The summed E-state index contributed by atoms with van der Waals surface area (Å²) in [7, 11) is -2.88. The molecule has 20 heavy (non-hydrogen) atoms. The monoisotopic (exact) mass is 297 g/mol. The van der Waals surface area contributed by atoms with Gasteiger partial charge in [0.05, 0.1) is 4.90 Å². The summed E-state index contributed by atoms with van der Waals surface area (Å²) < 4.78 is 30.6. The number of allylic oxidation sites excluding steroid dienone is 1. The van der Waals surface area contributed by atoms with Gasteiger partial charge in [0, 0.05) is 18.5 Å². The fraction of sp³-hybridized carbons (Fsp3) is 0.385. The Labute approximate surface area is 117 Å². The average molecular weight is 297 g/mol. The molecule has 0 saturated heterocycles. The molecule has 0 fully saturated rings. The van der Waals surface area contributed by atoms with Gasteiger partial charge in [-0.25, -0.2) is 8.42 Å². The van der Waals surface area contributed by atoms with Crippen LogP contribution in [0.3, 0.4) is 0 Å². The third-order valence-electron chi connectivity index (χ3n) is 3.51. The first-order valence-corrected chi connectivity index (χ1v) is 7.59. The van der Waals surface area contributed by atoms with Crippen LogP contribution < -0.4 is 0 Å². The van der Waals surface area contributed by atoms with Gasteiger partial charge in [-0.2, -0.15) is 0 Å². The fourth-order valence-electron chi connectivity index (χ4n) is 2.45. The van der Waals surface area contributed by atoms with E-state index in [9.17, 15) is 18.5 Å². The molecule has 1 aliphatic carbocycles. The molecular weight excluding hydrogens is 282 g/mol. The van der Waals surface area contributed by atoms with Crippen molar-refractivity contribution in [2.24, 2.45) is 0 Å². The normalized spacial score (nSPS) is 26.4. The smallest absolute Gasteiger partial charge is 0.352 e. The highest BCUT2D eigenvalue weighted by molar-refractivity contribution is 7.92. The van der Waals surface area contributed by atoms with Crippen LogP contribution in [0.2, 0.25) is 0 Å². The lowest BCUT2D eigenvalue weighted by molar-refractivity contribution is -0.552. The minimum atomic E-state index is -4.16. The maximum absolute atomic E-state index is 12.8. The first-order chi connectivity index (χ1) is 9.46. The third kappa shape index (κ3) is 2.03. The van der Waals surface area contributed by atoms with E-state index in [0.717, 1.165) is 0 Å². The second-order valence-corrected chi connectivity index (χ2v) is 6.73. The predicted octanol–water partition coefficient (Wildman–Crippen LogP) is 1.80. The van der Waals surface area contributed by atoms with Crippen LogP contribution in [-0.4, -0.2) is 31.4 Å². The molecule has 6 nitrogen and oxygen atoms in total. The zero-order valence-electron chi connectivity index (χ0n) is 10.9. The first-order valence-electron chi connectivity index (χ1n) is 6.10. The molecule has 108 valence electrons. The highest BCUT2D eigenvalue weighted by Crippen LogP contribution is 2.38. The Bertz CT molecular complexity index is 625. The van der Waals surface area contributed by atoms with Gasteiger partial charge in [0.15, 0.2) is 6.10 Å². The molecule has 0 spiro atoms.